The molecule has 0 aromatic rings. The van der Waals surface area contributed by atoms with Crippen molar-refractivity contribution in [2.45, 2.75) is 45.4 Å². The van der Waals surface area contributed by atoms with E-state index in [0.717, 1.165) is 12.8 Å². The topological polar surface area (TPSA) is 127 Å². The maximum absolute atomic E-state index is 7.11. The maximum atomic E-state index is 7.11. The molecule has 0 unspecified atom stereocenters. The van der Waals surface area contributed by atoms with E-state index in [1.54, 1.807) is 0 Å². The number of nitrogens with two attached hydrogens (primary N) is 2. The molecule has 0 bridgehead atoms. The van der Waals surface area contributed by atoms with Crippen molar-refractivity contribution in [3.05, 3.63) is 0 Å². The third-order valence-corrected chi connectivity index (χ3v) is 2.25. The summed E-state index contributed by atoms with van der Waals surface area (Å²) in [6.07, 6.45) is 7.07. The highest BCUT2D eigenvalue weighted by Crippen LogP contribution is 2.04. The lowest BCUT2D eigenvalue weighted by molar-refractivity contribution is 0.187. The molecule has 0 fully saturated rings. The zero-order valence-electron chi connectivity index (χ0n) is 10.6. The molecule has 0 radical (unpaired) electrons. The Hall–Kier alpha value is -1.50. The van der Waals surface area contributed by atoms with Gasteiger partial charge in [0.05, 0.1) is 0 Å². The van der Waals surface area contributed by atoms with E-state index in [-0.39, 0.29) is 11.9 Å². The van der Waals surface area contributed by atoms with E-state index in [9.17, 15) is 0 Å². The summed E-state index contributed by atoms with van der Waals surface area (Å²) in [6, 6.07) is 0. The first-order chi connectivity index (χ1) is 8.06. The first-order valence-electron chi connectivity index (χ1n) is 6.05. The molecule has 0 aliphatic heterocycles. The lowest BCUT2D eigenvalue weighted by Crippen LogP contribution is -2.56. The van der Waals surface area contributed by atoms with Gasteiger partial charge < -0.3 is 11.5 Å². The molecular formula is C10H25N7. The normalized spacial score (nSPS) is 10.2. The molecule has 0 rings (SSSR count). The monoisotopic (exact) mass is 243 g/mol. The summed E-state index contributed by atoms with van der Waals surface area (Å²) in [5, 5.41) is 15.7. The third-order valence-electron chi connectivity index (χ3n) is 2.25. The molecule has 7 heteroatoms. The number of hydrazine groups is 2. The zero-order valence-corrected chi connectivity index (χ0v) is 10.6. The molecule has 0 aromatic carbocycles. The number of hydrogen-bond acceptors (Lipinski definition) is 3. The van der Waals surface area contributed by atoms with Gasteiger partial charge in [-0.1, -0.05) is 39.0 Å². The Bertz CT molecular complexity index is 213. The van der Waals surface area contributed by atoms with E-state index in [1.165, 1.54) is 30.8 Å². The van der Waals surface area contributed by atoms with Gasteiger partial charge in [0, 0.05) is 6.54 Å². The minimum absolute atomic E-state index is 0.176. The van der Waals surface area contributed by atoms with Crippen molar-refractivity contribution in [3.63, 3.8) is 0 Å². The Labute approximate surface area is 103 Å². The van der Waals surface area contributed by atoms with Crippen LogP contribution >= 0.6 is 0 Å². The predicted octanol–water partition coefficient (Wildman–Crippen LogP) is 0.445. The van der Waals surface area contributed by atoms with Crippen molar-refractivity contribution in [1.29, 1.82) is 10.8 Å². The first kappa shape index (κ1) is 15.5. The quantitative estimate of drug-likeness (QED) is 0.152. The summed E-state index contributed by atoms with van der Waals surface area (Å²) in [5.74, 6) is -0.352. The Morgan fingerprint density at radius 2 is 1.41 bits per heavy atom. The average Bonchev–Trinajstić information content (AvgIpc) is 2.21. The lowest BCUT2D eigenvalue weighted by atomic mass is 10.1. The van der Waals surface area contributed by atoms with Crippen LogP contribution in [-0.2, 0) is 0 Å². The molecule has 0 heterocycles. The fraction of sp³-hybridized carbons (Fsp3) is 0.800. The number of rotatable bonds is 9. The van der Waals surface area contributed by atoms with Crippen LogP contribution in [0, 0.1) is 10.8 Å². The summed E-state index contributed by atoms with van der Waals surface area (Å²) in [5.41, 5.74) is 15.6. The van der Waals surface area contributed by atoms with Crippen molar-refractivity contribution in [2.24, 2.45) is 11.5 Å². The third kappa shape index (κ3) is 10.8. The van der Waals surface area contributed by atoms with Gasteiger partial charge in [-0.15, -0.1) is 5.12 Å². The van der Waals surface area contributed by atoms with Gasteiger partial charge in [-0.05, 0) is 6.42 Å². The predicted molar refractivity (Wildman–Crippen MR) is 70.2 cm³/mol. The molecule has 0 atom stereocenters. The molecule has 0 aromatic heterocycles. The smallest absolute Gasteiger partial charge is 0.202 e. The highest BCUT2D eigenvalue weighted by atomic mass is 15.7. The van der Waals surface area contributed by atoms with Gasteiger partial charge in [0.2, 0.25) is 11.9 Å². The SMILES string of the molecule is CCCCCCCCN(NC(=N)N)NC(=N)N. The summed E-state index contributed by atoms with van der Waals surface area (Å²) in [7, 11) is 0. The van der Waals surface area contributed by atoms with Gasteiger partial charge in [0.15, 0.2) is 0 Å². The Morgan fingerprint density at radius 3 is 1.88 bits per heavy atom. The van der Waals surface area contributed by atoms with Crippen molar-refractivity contribution in [1.82, 2.24) is 16.0 Å². The van der Waals surface area contributed by atoms with E-state index in [2.05, 4.69) is 17.8 Å². The van der Waals surface area contributed by atoms with Gasteiger partial charge in [-0.2, -0.15) is 0 Å². The first-order valence-corrected chi connectivity index (χ1v) is 6.05. The van der Waals surface area contributed by atoms with E-state index >= 15 is 0 Å². The van der Waals surface area contributed by atoms with Crippen molar-refractivity contribution < 1.29 is 0 Å². The van der Waals surface area contributed by atoms with Gasteiger partial charge in [0.1, 0.15) is 0 Å². The molecule has 100 valence electrons. The molecule has 0 aliphatic rings. The molecule has 8 N–H and O–H groups in total. The average molecular weight is 243 g/mol. The van der Waals surface area contributed by atoms with Gasteiger partial charge >= 0.3 is 0 Å². The van der Waals surface area contributed by atoms with Gasteiger partial charge in [-0.3, -0.25) is 21.7 Å². The van der Waals surface area contributed by atoms with Crippen LogP contribution in [0.3, 0.4) is 0 Å². The van der Waals surface area contributed by atoms with E-state index in [4.69, 9.17) is 22.3 Å². The van der Waals surface area contributed by atoms with Crippen LogP contribution in [0.4, 0.5) is 0 Å². The van der Waals surface area contributed by atoms with Crippen molar-refractivity contribution in [2.75, 3.05) is 6.54 Å². The number of guanidine groups is 2. The van der Waals surface area contributed by atoms with Crippen LogP contribution < -0.4 is 22.3 Å². The Morgan fingerprint density at radius 1 is 0.941 bits per heavy atom. The Kier molecular flexibility index (Phi) is 8.85. The summed E-state index contributed by atoms with van der Waals surface area (Å²) < 4.78 is 0. The highest BCUT2D eigenvalue weighted by molar-refractivity contribution is 5.75. The van der Waals surface area contributed by atoms with Gasteiger partial charge in [-0.25, -0.2) is 0 Å². The molecule has 0 amide bonds. The van der Waals surface area contributed by atoms with Crippen LogP contribution in [0.1, 0.15) is 45.4 Å². The minimum atomic E-state index is -0.176. The molecule has 17 heavy (non-hydrogen) atoms. The van der Waals surface area contributed by atoms with Gasteiger partial charge in [0.25, 0.3) is 0 Å². The Balaban J connectivity index is 3.68. The molecular weight excluding hydrogens is 218 g/mol. The second-order valence-corrected chi connectivity index (χ2v) is 3.97. The van der Waals surface area contributed by atoms with Crippen molar-refractivity contribution in [3.8, 4) is 0 Å². The molecule has 0 aliphatic carbocycles. The van der Waals surface area contributed by atoms with Crippen LogP contribution in [-0.4, -0.2) is 23.6 Å². The van der Waals surface area contributed by atoms with E-state index in [0.29, 0.717) is 6.54 Å². The largest absolute Gasteiger partial charge is 0.369 e. The molecule has 7 nitrogen and oxygen atoms in total. The molecule has 0 saturated heterocycles. The van der Waals surface area contributed by atoms with E-state index in [1.807, 2.05) is 0 Å². The van der Waals surface area contributed by atoms with Crippen molar-refractivity contribution >= 4 is 11.9 Å². The number of nitrogens with zero attached hydrogens (tertiary/aromatic N) is 1. The summed E-state index contributed by atoms with van der Waals surface area (Å²) in [6.45, 7) is 2.83. The van der Waals surface area contributed by atoms with Crippen LogP contribution in [0.5, 0.6) is 0 Å². The van der Waals surface area contributed by atoms with Crippen LogP contribution in [0.2, 0.25) is 0 Å². The second-order valence-electron chi connectivity index (χ2n) is 3.97. The summed E-state index contributed by atoms with van der Waals surface area (Å²) >= 11 is 0. The fourth-order valence-corrected chi connectivity index (χ4v) is 1.48. The number of unbranched alkanes of at least 4 members (excludes halogenated alkanes) is 5. The standard InChI is InChI=1S/C10H25N7/c1-2-3-4-5-6-7-8-17(15-9(11)12)16-10(13)14/h2-8H2,1H3,(H4,11,12,15)(H4,13,14,16). The molecule has 0 saturated carbocycles. The highest BCUT2D eigenvalue weighted by Gasteiger charge is 2.04. The summed E-state index contributed by atoms with van der Waals surface area (Å²) in [4.78, 5) is 0. The number of nitrogens with one attached hydrogen (secondary N) is 4. The minimum Gasteiger partial charge on any atom is -0.369 e. The fourth-order valence-electron chi connectivity index (χ4n) is 1.48. The lowest BCUT2D eigenvalue weighted by Gasteiger charge is -2.23. The van der Waals surface area contributed by atoms with E-state index < -0.39 is 0 Å². The molecule has 0 spiro atoms. The van der Waals surface area contributed by atoms with Crippen LogP contribution in [0.25, 0.3) is 0 Å². The van der Waals surface area contributed by atoms with Crippen LogP contribution in [0.15, 0.2) is 0 Å². The maximum Gasteiger partial charge on any atom is 0.202 e. The zero-order chi connectivity index (χ0) is 13.1. The number of hydrogen-bond donors (Lipinski definition) is 6. The second kappa shape index (κ2) is 9.71.